The molecule has 2 aromatic rings. The van der Waals surface area contributed by atoms with E-state index in [9.17, 15) is 19.2 Å². The molecule has 0 unspecified atom stereocenters. The Morgan fingerprint density at radius 3 is 2.07 bits per heavy atom. The van der Waals surface area contributed by atoms with Crippen LogP contribution in [-0.2, 0) is 16.2 Å². The van der Waals surface area contributed by atoms with Crippen LogP contribution >= 0.6 is 0 Å². The van der Waals surface area contributed by atoms with Gasteiger partial charge in [-0.15, -0.1) is 0 Å². The highest BCUT2D eigenvalue weighted by Gasteiger charge is 2.48. The summed E-state index contributed by atoms with van der Waals surface area (Å²) in [6.07, 6.45) is 2.17. The number of benzene rings is 2. The summed E-state index contributed by atoms with van der Waals surface area (Å²) >= 11 is 0. The van der Waals surface area contributed by atoms with Gasteiger partial charge in [0.05, 0.1) is 11.1 Å². The molecule has 2 aromatic carbocycles. The first-order valence-electron chi connectivity index (χ1n) is 9.80. The van der Waals surface area contributed by atoms with E-state index in [0.717, 1.165) is 18.4 Å². The van der Waals surface area contributed by atoms with E-state index in [2.05, 4.69) is 10.6 Å². The summed E-state index contributed by atoms with van der Waals surface area (Å²) in [5, 5.41) is 5.92. The molecule has 0 saturated heterocycles. The number of carbonyl (C=O) groups is 4. The van der Waals surface area contributed by atoms with Gasteiger partial charge in [-0.3, -0.25) is 9.59 Å². The lowest BCUT2D eigenvalue weighted by Gasteiger charge is -2.29. The average Bonchev–Trinajstić information content (AvgIpc) is 3.33. The van der Waals surface area contributed by atoms with Gasteiger partial charge in [-0.2, -0.15) is 0 Å². The zero-order chi connectivity index (χ0) is 21.1. The van der Waals surface area contributed by atoms with Gasteiger partial charge in [-0.05, 0) is 30.5 Å². The quantitative estimate of drug-likeness (QED) is 0.741. The van der Waals surface area contributed by atoms with Crippen molar-refractivity contribution in [3.63, 3.8) is 0 Å². The lowest BCUT2D eigenvalue weighted by molar-refractivity contribution is -0.176. The SMILES string of the molecule is O=C(NCc1ccccc1)NC1(C(=O)ON2C(=O)c3ccccc3C2=O)CCCC1. The third-order valence-electron chi connectivity index (χ3n) is 5.43. The molecule has 0 radical (unpaired) electrons. The van der Waals surface area contributed by atoms with E-state index in [4.69, 9.17) is 4.84 Å². The number of amides is 4. The van der Waals surface area contributed by atoms with Crippen LogP contribution in [0.25, 0.3) is 0 Å². The Labute approximate surface area is 173 Å². The first-order chi connectivity index (χ1) is 14.5. The minimum atomic E-state index is -1.28. The summed E-state index contributed by atoms with van der Waals surface area (Å²) in [5.41, 5.74) is 0.00576. The predicted molar refractivity (Wildman–Crippen MR) is 106 cm³/mol. The van der Waals surface area contributed by atoms with Gasteiger partial charge in [0, 0.05) is 6.54 Å². The number of hydrogen-bond acceptors (Lipinski definition) is 5. The van der Waals surface area contributed by atoms with E-state index in [1.54, 1.807) is 12.1 Å². The lowest BCUT2D eigenvalue weighted by atomic mass is 9.98. The summed E-state index contributed by atoms with van der Waals surface area (Å²) < 4.78 is 0. The summed E-state index contributed by atoms with van der Waals surface area (Å²) in [4.78, 5) is 55.6. The van der Waals surface area contributed by atoms with Crippen LogP contribution in [0.2, 0.25) is 0 Å². The standard InChI is InChI=1S/C22H21N3O5/c26-18-16-10-4-5-11-17(16)19(27)25(18)30-20(28)22(12-6-7-13-22)24-21(29)23-14-15-8-2-1-3-9-15/h1-5,8-11H,6-7,12-14H2,(H2,23,24,29). The number of nitrogens with zero attached hydrogens (tertiary/aromatic N) is 1. The van der Waals surface area contributed by atoms with Crippen LogP contribution in [0.3, 0.4) is 0 Å². The van der Waals surface area contributed by atoms with Crippen LogP contribution < -0.4 is 10.6 Å². The predicted octanol–water partition coefficient (Wildman–Crippen LogP) is 2.55. The van der Waals surface area contributed by atoms with Gasteiger partial charge in [0.25, 0.3) is 11.8 Å². The molecule has 154 valence electrons. The fraction of sp³-hybridized carbons (Fsp3) is 0.273. The van der Waals surface area contributed by atoms with Crippen molar-refractivity contribution in [1.82, 2.24) is 15.7 Å². The van der Waals surface area contributed by atoms with Crippen molar-refractivity contribution in [2.45, 2.75) is 37.8 Å². The van der Waals surface area contributed by atoms with Crippen LogP contribution in [-0.4, -0.2) is 34.4 Å². The summed E-state index contributed by atoms with van der Waals surface area (Å²) in [6, 6.07) is 15.1. The van der Waals surface area contributed by atoms with E-state index in [1.165, 1.54) is 12.1 Å². The molecule has 2 N–H and O–H groups in total. The maximum atomic E-state index is 13.0. The van der Waals surface area contributed by atoms with Gasteiger partial charge in [0.2, 0.25) is 0 Å². The summed E-state index contributed by atoms with van der Waals surface area (Å²) in [5.74, 6) is -2.19. The normalized spacial score (nSPS) is 16.9. The second-order valence-corrected chi connectivity index (χ2v) is 7.41. The van der Waals surface area contributed by atoms with Crippen LogP contribution in [0.15, 0.2) is 54.6 Å². The molecule has 1 heterocycles. The molecule has 8 heteroatoms. The van der Waals surface area contributed by atoms with E-state index >= 15 is 0 Å². The Morgan fingerprint density at radius 2 is 1.47 bits per heavy atom. The molecule has 1 aliphatic carbocycles. The highest BCUT2D eigenvalue weighted by molar-refractivity contribution is 6.21. The molecular weight excluding hydrogens is 386 g/mol. The molecule has 1 saturated carbocycles. The zero-order valence-corrected chi connectivity index (χ0v) is 16.2. The highest BCUT2D eigenvalue weighted by atomic mass is 16.7. The van der Waals surface area contributed by atoms with Gasteiger partial charge >= 0.3 is 12.0 Å². The number of hydroxylamine groups is 2. The first-order valence-corrected chi connectivity index (χ1v) is 9.80. The molecular formula is C22H21N3O5. The van der Waals surface area contributed by atoms with Crippen LogP contribution in [0, 0.1) is 0 Å². The molecule has 4 amide bonds. The number of fused-ring (bicyclic) bond motifs is 1. The number of nitrogens with one attached hydrogen (secondary N) is 2. The second-order valence-electron chi connectivity index (χ2n) is 7.41. The Hall–Kier alpha value is -3.68. The van der Waals surface area contributed by atoms with Crippen LogP contribution in [0.1, 0.15) is 52.0 Å². The average molecular weight is 407 g/mol. The Bertz CT molecular complexity index is 964. The van der Waals surface area contributed by atoms with Crippen molar-refractivity contribution in [2.75, 3.05) is 0 Å². The minimum absolute atomic E-state index is 0.185. The molecule has 8 nitrogen and oxygen atoms in total. The van der Waals surface area contributed by atoms with Gasteiger partial charge in [-0.1, -0.05) is 60.4 Å². The fourth-order valence-corrected chi connectivity index (χ4v) is 3.82. The van der Waals surface area contributed by atoms with Crippen molar-refractivity contribution in [1.29, 1.82) is 0 Å². The molecule has 1 aliphatic heterocycles. The molecule has 0 spiro atoms. The highest BCUT2D eigenvalue weighted by Crippen LogP contribution is 2.32. The van der Waals surface area contributed by atoms with Gasteiger partial charge in [0.15, 0.2) is 0 Å². The van der Waals surface area contributed by atoms with Crippen LogP contribution in [0.5, 0.6) is 0 Å². The molecule has 1 fully saturated rings. The number of urea groups is 1. The fourth-order valence-electron chi connectivity index (χ4n) is 3.82. The third kappa shape index (κ3) is 3.63. The first kappa shape index (κ1) is 19.6. The number of hydrogen-bond donors (Lipinski definition) is 2. The van der Waals surface area contributed by atoms with Crippen molar-refractivity contribution in [3.05, 3.63) is 71.3 Å². The minimum Gasteiger partial charge on any atom is -0.334 e. The molecule has 4 rings (SSSR count). The Balaban J connectivity index is 1.43. The van der Waals surface area contributed by atoms with Crippen molar-refractivity contribution >= 4 is 23.8 Å². The number of imide groups is 1. The number of rotatable bonds is 5. The zero-order valence-electron chi connectivity index (χ0n) is 16.2. The van der Waals surface area contributed by atoms with Gasteiger partial charge in [0.1, 0.15) is 5.54 Å². The van der Waals surface area contributed by atoms with Gasteiger partial charge in [-0.25, -0.2) is 9.59 Å². The molecule has 0 bridgehead atoms. The number of carbonyl (C=O) groups excluding carboxylic acids is 4. The molecule has 0 atom stereocenters. The Morgan fingerprint density at radius 1 is 0.900 bits per heavy atom. The maximum Gasteiger partial charge on any atom is 0.358 e. The lowest BCUT2D eigenvalue weighted by Crippen LogP contribution is -2.57. The van der Waals surface area contributed by atoms with Crippen molar-refractivity contribution in [3.8, 4) is 0 Å². The Kier molecular flexibility index (Phi) is 5.22. The van der Waals surface area contributed by atoms with E-state index in [-0.39, 0.29) is 11.1 Å². The monoisotopic (exact) mass is 407 g/mol. The van der Waals surface area contributed by atoms with E-state index in [0.29, 0.717) is 24.4 Å². The third-order valence-corrected chi connectivity index (χ3v) is 5.43. The van der Waals surface area contributed by atoms with Crippen molar-refractivity contribution < 1.29 is 24.0 Å². The molecule has 30 heavy (non-hydrogen) atoms. The van der Waals surface area contributed by atoms with E-state index < -0.39 is 29.4 Å². The van der Waals surface area contributed by atoms with Gasteiger partial charge < -0.3 is 15.5 Å². The largest absolute Gasteiger partial charge is 0.358 e. The maximum absolute atomic E-state index is 13.0. The van der Waals surface area contributed by atoms with E-state index in [1.807, 2.05) is 30.3 Å². The summed E-state index contributed by atoms with van der Waals surface area (Å²) in [7, 11) is 0. The molecule has 0 aromatic heterocycles. The second kappa shape index (κ2) is 7.98. The molecule has 2 aliphatic rings. The van der Waals surface area contributed by atoms with Crippen molar-refractivity contribution in [2.24, 2.45) is 0 Å². The topological polar surface area (TPSA) is 105 Å². The van der Waals surface area contributed by atoms with Crippen LogP contribution in [0.4, 0.5) is 4.79 Å². The summed E-state index contributed by atoms with van der Waals surface area (Å²) in [6.45, 7) is 0.302. The smallest absolute Gasteiger partial charge is 0.334 e.